The first-order valence-electron chi connectivity index (χ1n) is 7.09. The minimum absolute atomic E-state index is 0.120. The van der Waals surface area contributed by atoms with Gasteiger partial charge in [0, 0.05) is 10.9 Å². The number of nitrogens with zero attached hydrogens (tertiary/aromatic N) is 1. The maximum absolute atomic E-state index is 12.5. The molecule has 1 aromatic rings. The number of nitriles is 1. The standard InChI is InChI=1S/C16H14ClN3O4S/c1-24-16(23)13-12(8-4-2-3-5-10(8)17)9(6-18)15(20-14(13)22)25-7-11(19)21/h2-5,12-13H,7H2,1H3,(H2,19,21)(H,20,22)/t12-,13+/m0/s1. The molecule has 0 saturated carbocycles. The third-order valence-electron chi connectivity index (χ3n) is 3.58. The summed E-state index contributed by atoms with van der Waals surface area (Å²) in [6, 6.07) is 8.63. The average Bonchev–Trinajstić information content (AvgIpc) is 2.59. The fourth-order valence-electron chi connectivity index (χ4n) is 2.53. The summed E-state index contributed by atoms with van der Waals surface area (Å²) in [6.45, 7) is 0. The molecule has 0 fully saturated rings. The normalized spacial score (nSPS) is 19.8. The molecule has 130 valence electrons. The first-order chi connectivity index (χ1) is 11.9. The van der Waals surface area contributed by atoms with E-state index in [4.69, 9.17) is 22.1 Å². The molecule has 0 unspecified atom stereocenters. The van der Waals surface area contributed by atoms with Gasteiger partial charge in [-0.25, -0.2) is 0 Å². The van der Waals surface area contributed by atoms with Crippen LogP contribution in [0.1, 0.15) is 11.5 Å². The van der Waals surface area contributed by atoms with E-state index in [2.05, 4.69) is 5.32 Å². The molecule has 1 aliphatic rings. The minimum atomic E-state index is -1.27. The Bertz CT molecular complexity index is 803. The molecule has 0 aliphatic carbocycles. The summed E-state index contributed by atoms with van der Waals surface area (Å²) in [5.41, 5.74) is 5.69. The predicted octanol–water partition coefficient (Wildman–Crippen LogP) is 1.30. The number of methoxy groups -OCH3 is 1. The second-order valence-corrected chi connectivity index (χ2v) is 6.49. The second-order valence-electron chi connectivity index (χ2n) is 5.10. The number of hydrogen-bond donors (Lipinski definition) is 2. The van der Waals surface area contributed by atoms with Gasteiger partial charge in [-0.05, 0) is 11.6 Å². The van der Waals surface area contributed by atoms with Crippen LogP contribution >= 0.6 is 23.4 Å². The van der Waals surface area contributed by atoms with Crippen LogP contribution in [0.2, 0.25) is 5.02 Å². The van der Waals surface area contributed by atoms with Crippen LogP contribution in [-0.4, -0.2) is 30.6 Å². The molecule has 3 N–H and O–H groups in total. The van der Waals surface area contributed by atoms with E-state index >= 15 is 0 Å². The molecule has 1 aliphatic heterocycles. The maximum atomic E-state index is 12.5. The highest BCUT2D eigenvalue weighted by Crippen LogP contribution is 2.42. The van der Waals surface area contributed by atoms with Gasteiger partial charge in [-0.15, -0.1) is 0 Å². The van der Waals surface area contributed by atoms with Crippen molar-refractivity contribution in [3.05, 3.63) is 45.5 Å². The number of hydrogen-bond acceptors (Lipinski definition) is 6. The molecular weight excluding hydrogens is 366 g/mol. The number of nitrogens with one attached hydrogen (secondary N) is 1. The van der Waals surface area contributed by atoms with E-state index in [0.29, 0.717) is 10.6 Å². The highest BCUT2D eigenvalue weighted by molar-refractivity contribution is 8.03. The van der Waals surface area contributed by atoms with Crippen molar-refractivity contribution >= 4 is 41.1 Å². The van der Waals surface area contributed by atoms with Gasteiger partial charge in [0.15, 0.2) is 0 Å². The van der Waals surface area contributed by atoms with E-state index in [-0.39, 0.29) is 16.4 Å². The Kier molecular flexibility index (Phi) is 6.07. The van der Waals surface area contributed by atoms with E-state index in [1.165, 1.54) is 0 Å². The molecule has 9 heteroatoms. The summed E-state index contributed by atoms with van der Waals surface area (Å²) >= 11 is 7.14. The zero-order chi connectivity index (χ0) is 18.6. The summed E-state index contributed by atoms with van der Waals surface area (Å²) in [6.07, 6.45) is 0. The van der Waals surface area contributed by atoms with Crippen molar-refractivity contribution in [3.63, 3.8) is 0 Å². The lowest BCUT2D eigenvalue weighted by atomic mass is 9.78. The summed E-state index contributed by atoms with van der Waals surface area (Å²) in [5.74, 6) is -4.34. The number of rotatable bonds is 5. The largest absolute Gasteiger partial charge is 0.468 e. The number of thioether (sulfide) groups is 1. The van der Waals surface area contributed by atoms with Crippen molar-refractivity contribution in [1.29, 1.82) is 5.26 Å². The molecule has 1 heterocycles. The first-order valence-corrected chi connectivity index (χ1v) is 8.45. The summed E-state index contributed by atoms with van der Waals surface area (Å²) < 4.78 is 4.72. The molecule has 0 aromatic heterocycles. The van der Waals surface area contributed by atoms with Crippen LogP contribution in [0.3, 0.4) is 0 Å². The van der Waals surface area contributed by atoms with Crippen molar-refractivity contribution in [2.45, 2.75) is 5.92 Å². The van der Waals surface area contributed by atoms with Crippen molar-refractivity contribution in [1.82, 2.24) is 5.32 Å². The highest BCUT2D eigenvalue weighted by atomic mass is 35.5. The number of benzene rings is 1. The van der Waals surface area contributed by atoms with Crippen LogP contribution in [0, 0.1) is 17.2 Å². The van der Waals surface area contributed by atoms with Gasteiger partial charge in [-0.2, -0.15) is 5.26 Å². The molecule has 1 aromatic carbocycles. The van der Waals surface area contributed by atoms with Crippen molar-refractivity contribution in [2.75, 3.05) is 12.9 Å². The number of carbonyl (C=O) groups excluding carboxylic acids is 3. The molecule has 0 bridgehead atoms. The number of halogens is 1. The van der Waals surface area contributed by atoms with Crippen LogP contribution in [-0.2, 0) is 19.1 Å². The number of ether oxygens (including phenoxy) is 1. The lowest BCUT2D eigenvalue weighted by molar-refractivity contribution is -0.150. The Hall–Kier alpha value is -2.50. The number of carbonyl (C=O) groups is 3. The van der Waals surface area contributed by atoms with Crippen molar-refractivity contribution in [2.24, 2.45) is 11.7 Å². The lowest BCUT2D eigenvalue weighted by Gasteiger charge is -2.31. The maximum Gasteiger partial charge on any atom is 0.319 e. The Balaban J connectivity index is 2.62. The molecule has 2 atom stereocenters. The summed E-state index contributed by atoms with van der Waals surface area (Å²) in [7, 11) is 1.16. The molecule has 0 saturated heterocycles. The van der Waals surface area contributed by atoms with E-state index in [9.17, 15) is 19.6 Å². The second kappa shape index (κ2) is 8.05. The van der Waals surface area contributed by atoms with Gasteiger partial charge in [0.25, 0.3) is 0 Å². The van der Waals surface area contributed by atoms with Gasteiger partial charge in [0.05, 0.1) is 29.5 Å². The third kappa shape index (κ3) is 3.95. The van der Waals surface area contributed by atoms with Crippen LogP contribution in [0.25, 0.3) is 0 Å². The first kappa shape index (κ1) is 18.8. The van der Waals surface area contributed by atoms with Crippen LogP contribution < -0.4 is 11.1 Å². The Morgan fingerprint density at radius 1 is 1.44 bits per heavy atom. The third-order valence-corrected chi connectivity index (χ3v) is 4.97. The molecule has 0 spiro atoms. The zero-order valence-electron chi connectivity index (χ0n) is 13.1. The predicted molar refractivity (Wildman–Crippen MR) is 92.1 cm³/mol. The molecule has 7 nitrogen and oxygen atoms in total. The Labute approximate surface area is 153 Å². The van der Waals surface area contributed by atoms with Gasteiger partial charge < -0.3 is 15.8 Å². The SMILES string of the molecule is COC(=O)[C@H]1C(=O)NC(SCC(N)=O)=C(C#N)[C@@H]1c1ccccc1Cl. The lowest BCUT2D eigenvalue weighted by Crippen LogP contribution is -2.44. The van der Waals surface area contributed by atoms with E-state index < -0.39 is 29.6 Å². The van der Waals surface area contributed by atoms with E-state index in [1.807, 2.05) is 6.07 Å². The van der Waals surface area contributed by atoms with Gasteiger partial charge in [0.2, 0.25) is 11.8 Å². The smallest absolute Gasteiger partial charge is 0.319 e. The van der Waals surface area contributed by atoms with E-state index in [1.54, 1.807) is 24.3 Å². The fraction of sp³-hybridized carbons (Fsp3) is 0.250. The van der Waals surface area contributed by atoms with Crippen LogP contribution in [0.5, 0.6) is 0 Å². The number of nitrogens with two attached hydrogens (primary N) is 1. The Morgan fingerprint density at radius 2 is 2.12 bits per heavy atom. The number of esters is 1. The average molecular weight is 380 g/mol. The zero-order valence-corrected chi connectivity index (χ0v) is 14.7. The fourth-order valence-corrected chi connectivity index (χ4v) is 3.57. The quantitative estimate of drug-likeness (QED) is 0.587. The van der Waals surface area contributed by atoms with Gasteiger partial charge >= 0.3 is 5.97 Å². The Morgan fingerprint density at radius 3 is 2.68 bits per heavy atom. The number of allylic oxidation sites excluding steroid dienone is 1. The molecule has 25 heavy (non-hydrogen) atoms. The van der Waals surface area contributed by atoms with Crippen LogP contribution in [0.4, 0.5) is 0 Å². The van der Waals surface area contributed by atoms with Crippen LogP contribution in [0.15, 0.2) is 34.9 Å². The number of amides is 2. The monoisotopic (exact) mass is 379 g/mol. The summed E-state index contributed by atoms with van der Waals surface area (Å²) in [5, 5.41) is 12.6. The van der Waals surface area contributed by atoms with Gasteiger partial charge in [-0.1, -0.05) is 41.6 Å². The molecule has 2 amide bonds. The topological polar surface area (TPSA) is 122 Å². The summed E-state index contributed by atoms with van der Waals surface area (Å²) in [4.78, 5) is 35.7. The minimum Gasteiger partial charge on any atom is -0.468 e. The van der Waals surface area contributed by atoms with Crippen molar-refractivity contribution < 1.29 is 19.1 Å². The number of primary amides is 1. The van der Waals surface area contributed by atoms with Gasteiger partial charge in [0.1, 0.15) is 5.92 Å². The molecule has 0 radical (unpaired) electrons. The molecule has 2 rings (SSSR count). The van der Waals surface area contributed by atoms with Gasteiger partial charge in [-0.3, -0.25) is 14.4 Å². The van der Waals surface area contributed by atoms with Crippen molar-refractivity contribution in [3.8, 4) is 6.07 Å². The van der Waals surface area contributed by atoms with E-state index in [0.717, 1.165) is 18.9 Å². The highest BCUT2D eigenvalue weighted by Gasteiger charge is 2.45. The molecular formula is C16H14ClN3O4S.